The number of hydrogen-bond donors (Lipinski definition) is 1. The minimum atomic E-state index is -4.56. The summed E-state index contributed by atoms with van der Waals surface area (Å²) in [6.45, 7) is 8.05. The summed E-state index contributed by atoms with van der Waals surface area (Å²) < 4.78 is 50.6. The first-order chi connectivity index (χ1) is 15.7. The number of aromatic nitrogens is 1. The van der Waals surface area contributed by atoms with E-state index in [0.717, 1.165) is 31.5 Å². The summed E-state index contributed by atoms with van der Waals surface area (Å²) in [5, 5.41) is 13.1. The zero-order valence-electron chi connectivity index (χ0n) is 19.1. The van der Waals surface area contributed by atoms with Crippen LogP contribution in [0, 0.1) is 0 Å². The topological polar surface area (TPSA) is 58.7 Å². The molecule has 2 heterocycles. The number of aliphatic hydroxyl groups excluding tert-OH is 1. The molecule has 178 valence electrons. The molecule has 0 fully saturated rings. The number of hydrogen-bond acceptors (Lipinski definition) is 5. The van der Waals surface area contributed by atoms with Gasteiger partial charge in [-0.1, -0.05) is 37.6 Å². The zero-order valence-corrected chi connectivity index (χ0v) is 19.1. The van der Waals surface area contributed by atoms with Crippen molar-refractivity contribution >= 4 is 16.7 Å². The Morgan fingerprint density at radius 2 is 2.06 bits per heavy atom. The van der Waals surface area contributed by atoms with E-state index >= 15 is 0 Å². The van der Waals surface area contributed by atoms with Gasteiger partial charge in [-0.3, -0.25) is 0 Å². The SMILES string of the molecule is CCCc1c(OCCCN2CC(C)c3cc(C(C)O)ccc32)ccc2c(C(F)(F)F)noc12. The molecule has 0 saturated heterocycles. The van der Waals surface area contributed by atoms with Gasteiger partial charge in [0, 0.05) is 30.3 Å². The van der Waals surface area contributed by atoms with Gasteiger partial charge < -0.3 is 19.3 Å². The first-order valence-electron chi connectivity index (χ1n) is 11.4. The van der Waals surface area contributed by atoms with Crippen LogP contribution < -0.4 is 9.64 Å². The lowest BCUT2D eigenvalue weighted by molar-refractivity contribution is -0.141. The van der Waals surface area contributed by atoms with Crippen LogP contribution in [0.4, 0.5) is 18.9 Å². The first kappa shape index (κ1) is 23.4. The summed E-state index contributed by atoms with van der Waals surface area (Å²) in [6.07, 6.45) is -3.00. The summed E-state index contributed by atoms with van der Waals surface area (Å²) in [6, 6.07) is 9.08. The fourth-order valence-electron chi connectivity index (χ4n) is 4.56. The molecule has 0 spiro atoms. The maximum atomic E-state index is 13.2. The van der Waals surface area contributed by atoms with Gasteiger partial charge in [0.15, 0.2) is 11.3 Å². The minimum Gasteiger partial charge on any atom is -0.493 e. The molecule has 1 aliphatic rings. The van der Waals surface area contributed by atoms with Crippen molar-refractivity contribution in [3.8, 4) is 5.75 Å². The van der Waals surface area contributed by atoms with E-state index in [9.17, 15) is 18.3 Å². The number of benzene rings is 2. The van der Waals surface area contributed by atoms with Gasteiger partial charge in [0.1, 0.15) is 5.75 Å². The fraction of sp³-hybridized carbons (Fsp3) is 0.480. The number of aryl methyl sites for hydroxylation is 1. The van der Waals surface area contributed by atoms with E-state index in [4.69, 9.17) is 9.26 Å². The summed E-state index contributed by atoms with van der Waals surface area (Å²) in [5.74, 6) is 0.929. The highest BCUT2D eigenvalue weighted by atomic mass is 19.4. The van der Waals surface area contributed by atoms with Crippen LogP contribution in [0.5, 0.6) is 5.75 Å². The molecule has 2 atom stereocenters. The Morgan fingerprint density at radius 3 is 2.76 bits per heavy atom. The van der Waals surface area contributed by atoms with Crippen LogP contribution in [-0.2, 0) is 12.6 Å². The van der Waals surface area contributed by atoms with E-state index in [1.807, 2.05) is 13.0 Å². The third-order valence-corrected chi connectivity index (χ3v) is 6.20. The van der Waals surface area contributed by atoms with Crippen molar-refractivity contribution in [3.05, 3.63) is 52.7 Å². The molecule has 2 aromatic carbocycles. The number of fused-ring (bicyclic) bond motifs is 2. The van der Waals surface area contributed by atoms with Crippen molar-refractivity contribution in [2.75, 3.05) is 24.6 Å². The lowest BCUT2D eigenvalue weighted by Crippen LogP contribution is -2.24. The van der Waals surface area contributed by atoms with Gasteiger partial charge in [-0.25, -0.2) is 0 Å². The molecule has 0 aliphatic carbocycles. The zero-order chi connectivity index (χ0) is 23.8. The van der Waals surface area contributed by atoms with Gasteiger partial charge in [-0.15, -0.1) is 0 Å². The molecule has 4 rings (SSSR count). The largest absolute Gasteiger partial charge is 0.493 e. The molecule has 0 amide bonds. The van der Waals surface area contributed by atoms with E-state index in [2.05, 4.69) is 29.1 Å². The highest BCUT2D eigenvalue weighted by Crippen LogP contribution is 2.39. The predicted molar refractivity (Wildman–Crippen MR) is 121 cm³/mol. The average molecular weight is 463 g/mol. The number of aliphatic hydroxyl groups is 1. The molecule has 5 nitrogen and oxygen atoms in total. The van der Waals surface area contributed by atoms with E-state index in [0.29, 0.717) is 30.3 Å². The van der Waals surface area contributed by atoms with Crippen molar-refractivity contribution in [2.24, 2.45) is 0 Å². The Labute approximate surface area is 191 Å². The molecular weight excluding hydrogens is 433 g/mol. The Balaban J connectivity index is 1.43. The van der Waals surface area contributed by atoms with Crippen molar-refractivity contribution < 1.29 is 27.5 Å². The maximum Gasteiger partial charge on any atom is 0.437 e. The highest BCUT2D eigenvalue weighted by Gasteiger charge is 2.37. The van der Waals surface area contributed by atoms with Crippen LogP contribution in [0.2, 0.25) is 0 Å². The molecule has 0 radical (unpaired) electrons. The monoisotopic (exact) mass is 462 g/mol. The second kappa shape index (κ2) is 9.25. The molecule has 0 bridgehead atoms. The third kappa shape index (κ3) is 4.67. The summed E-state index contributed by atoms with van der Waals surface area (Å²) in [5.41, 5.74) is 3.13. The molecule has 8 heteroatoms. The second-order valence-corrected chi connectivity index (χ2v) is 8.74. The highest BCUT2D eigenvalue weighted by molar-refractivity contribution is 5.85. The number of ether oxygens (including phenoxy) is 1. The quantitative estimate of drug-likeness (QED) is 0.401. The van der Waals surface area contributed by atoms with Crippen molar-refractivity contribution in [1.82, 2.24) is 5.16 Å². The van der Waals surface area contributed by atoms with Crippen molar-refractivity contribution in [2.45, 2.75) is 58.2 Å². The molecule has 1 aromatic heterocycles. The van der Waals surface area contributed by atoms with E-state index in [1.54, 1.807) is 13.0 Å². The van der Waals surface area contributed by atoms with Gasteiger partial charge in [-0.05, 0) is 49.1 Å². The number of anilines is 1. The van der Waals surface area contributed by atoms with Gasteiger partial charge in [0.2, 0.25) is 0 Å². The molecule has 1 N–H and O–H groups in total. The summed E-state index contributed by atoms with van der Waals surface area (Å²) >= 11 is 0. The number of rotatable bonds is 8. The van der Waals surface area contributed by atoms with Crippen LogP contribution in [0.15, 0.2) is 34.9 Å². The fourth-order valence-corrected chi connectivity index (χ4v) is 4.56. The third-order valence-electron chi connectivity index (χ3n) is 6.20. The number of nitrogens with zero attached hydrogens (tertiary/aromatic N) is 2. The van der Waals surface area contributed by atoms with Crippen molar-refractivity contribution in [1.29, 1.82) is 0 Å². The Morgan fingerprint density at radius 1 is 1.27 bits per heavy atom. The number of halogens is 3. The van der Waals surface area contributed by atoms with Crippen molar-refractivity contribution in [3.63, 3.8) is 0 Å². The molecule has 3 aromatic rings. The first-order valence-corrected chi connectivity index (χ1v) is 11.4. The van der Waals surface area contributed by atoms with Gasteiger partial charge in [0.05, 0.1) is 18.1 Å². The Kier molecular flexibility index (Phi) is 6.56. The minimum absolute atomic E-state index is 0.0301. The molecule has 0 saturated carbocycles. The van der Waals surface area contributed by atoms with E-state index < -0.39 is 18.0 Å². The molecule has 33 heavy (non-hydrogen) atoms. The van der Waals surface area contributed by atoms with Crippen LogP contribution in [-0.4, -0.2) is 30.0 Å². The normalized spacial score (nSPS) is 16.9. The van der Waals surface area contributed by atoms with Gasteiger partial charge >= 0.3 is 6.18 Å². The molecule has 2 unspecified atom stereocenters. The standard InChI is InChI=1S/C25H29F3N2O3/c1-4-6-18-22(10-8-19-23(18)33-29-24(19)25(26,27)28)32-12-5-11-30-14-15(2)20-13-17(16(3)31)7-9-21(20)30/h7-10,13,15-16,31H,4-6,11-12,14H2,1-3H3. The van der Waals surface area contributed by atoms with Gasteiger partial charge in [0.25, 0.3) is 0 Å². The predicted octanol–water partition coefficient (Wildman–Crippen LogP) is 6.25. The van der Waals surface area contributed by atoms with E-state index in [-0.39, 0.29) is 11.0 Å². The smallest absolute Gasteiger partial charge is 0.437 e. The average Bonchev–Trinajstić information content (AvgIpc) is 3.34. The Hall–Kier alpha value is -2.74. The summed E-state index contributed by atoms with van der Waals surface area (Å²) in [4.78, 5) is 2.32. The lowest BCUT2D eigenvalue weighted by atomic mass is 9.99. The lowest BCUT2D eigenvalue weighted by Gasteiger charge is -2.20. The maximum absolute atomic E-state index is 13.2. The molecule has 1 aliphatic heterocycles. The van der Waals surface area contributed by atoms with Crippen LogP contribution in [0.3, 0.4) is 0 Å². The Bertz CT molecular complexity index is 1120. The van der Waals surface area contributed by atoms with Crippen LogP contribution in [0.1, 0.15) is 68.0 Å². The van der Waals surface area contributed by atoms with Crippen LogP contribution in [0.25, 0.3) is 11.0 Å². The van der Waals surface area contributed by atoms with Gasteiger partial charge in [-0.2, -0.15) is 13.2 Å². The van der Waals surface area contributed by atoms with E-state index in [1.165, 1.54) is 17.3 Å². The second-order valence-electron chi connectivity index (χ2n) is 8.74. The summed E-state index contributed by atoms with van der Waals surface area (Å²) in [7, 11) is 0. The van der Waals surface area contributed by atoms with Crippen LogP contribution >= 0.6 is 0 Å². The molecular formula is C25H29F3N2O3. The number of alkyl halides is 3.